The molecule has 0 fully saturated rings. The first kappa shape index (κ1) is 20.5. The minimum Gasteiger partial charge on any atom is -0.495 e. The number of nitrogens with one attached hydrogen (secondary N) is 1. The zero-order valence-electron chi connectivity index (χ0n) is 16.3. The second-order valence-electron chi connectivity index (χ2n) is 6.60. The molecule has 0 spiro atoms. The van der Waals surface area contributed by atoms with Crippen LogP contribution in [0.2, 0.25) is 0 Å². The van der Waals surface area contributed by atoms with Crippen molar-refractivity contribution in [3.8, 4) is 5.75 Å². The largest absolute Gasteiger partial charge is 0.495 e. The van der Waals surface area contributed by atoms with Gasteiger partial charge in [0.25, 0.3) is 0 Å². The first-order chi connectivity index (χ1) is 13.0. The van der Waals surface area contributed by atoms with E-state index in [1.165, 1.54) is 5.56 Å². The number of hydrogen-bond donors (Lipinski definition) is 1. The Kier molecular flexibility index (Phi) is 7.86. The maximum Gasteiger partial charge on any atom is 0.226 e. The Morgan fingerprint density at radius 1 is 1.07 bits per heavy atom. The predicted octanol–water partition coefficient (Wildman–Crippen LogP) is 3.81. The van der Waals surface area contributed by atoms with Crippen LogP contribution < -0.4 is 10.1 Å². The molecular weight excluding hydrogens is 340 g/mol. The van der Waals surface area contributed by atoms with Gasteiger partial charge < -0.3 is 15.0 Å². The molecule has 27 heavy (non-hydrogen) atoms. The van der Waals surface area contributed by atoms with Gasteiger partial charge in [0.05, 0.1) is 12.8 Å². The van der Waals surface area contributed by atoms with Crippen molar-refractivity contribution in [3.63, 3.8) is 0 Å². The topological polar surface area (TPSA) is 58.6 Å². The molecule has 0 aliphatic rings. The highest BCUT2D eigenvalue weighted by Gasteiger charge is 2.13. The molecule has 0 heterocycles. The van der Waals surface area contributed by atoms with Crippen LogP contribution in [0.15, 0.2) is 48.5 Å². The maximum absolute atomic E-state index is 12.3. The number of carbonyl (C=O) groups excluding carboxylic acids is 2. The first-order valence-electron chi connectivity index (χ1n) is 9.23. The molecule has 2 amide bonds. The lowest BCUT2D eigenvalue weighted by atomic mass is 10.1. The summed E-state index contributed by atoms with van der Waals surface area (Å²) in [4.78, 5) is 25.9. The Morgan fingerprint density at radius 3 is 2.48 bits per heavy atom. The Hall–Kier alpha value is -2.82. The van der Waals surface area contributed by atoms with E-state index in [-0.39, 0.29) is 18.2 Å². The third kappa shape index (κ3) is 6.77. The van der Waals surface area contributed by atoms with Gasteiger partial charge >= 0.3 is 0 Å². The highest BCUT2D eigenvalue weighted by molar-refractivity contribution is 5.92. The number of benzene rings is 2. The second-order valence-corrected chi connectivity index (χ2v) is 6.60. The van der Waals surface area contributed by atoms with Crippen molar-refractivity contribution >= 4 is 17.5 Å². The average Bonchev–Trinajstić information content (AvgIpc) is 2.65. The van der Waals surface area contributed by atoms with Crippen LogP contribution in [0.5, 0.6) is 5.75 Å². The third-order valence-corrected chi connectivity index (χ3v) is 4.42. The van der Waals surface area contributed by atoms with Gasteiger partial charge in [0.2, 0.25) is 11.8 Å². The number of anilines is 1. The van der Waals surface area contributed by atoms with Crippen LogP contribution in [0.4, 0.5) is 5.69 Å². The normalized spacial score (nSPS) is 10.3. The van der Waals surface area contributed by atoms with Gasteiger partial charge in [0, 0.05) is 26.4 Å². The van der Waals surface area contributed by atoms with E-state index in [4.69, 9.17) is 4.74 Å². The molecule has 0 aliphatic heterocycles. The molecule has 2 aromatic carbocycles. The van der Waals surface area contributed by atoms with Crippen molar-refractivity contribution in [2.75, 3.05) is 25.5 Å². The lowest BCUT2D eigenvalue weighted by Gasteiger charge is -2.21. The number of ether oxygens (including phenoxy) is 1. The summed E-state index contributed by atoms with van der Waals surface area (Å²) in [5, 5.41) is 2.88. The van der Waals surface area contributed by atoms with Crippen LogP contribution in [0.3, 0.4) is 0 Å². The second kappa shape index (κ2) is 10.4. The molecule has 0 bridgehead atoms. The highest BCUT2D eigenvalue weighted by Crippen LogP contribution is 2.25. The minimum absolute atomic E-state index is 0.0102. The summed E-state index contributed by atoms with van der Waals surface area (Å²) in [6.45, 7) is 4.55. The molecule has 0 saturated heterocycles. The van der Waals surface area contributed by atoms with Crippen LogP contribution in [0.25, 0.3) is 0 Å². The maximum atomic E-state index is 12.3. The van der Waals surface area contributed by atoms with Gasteiger partial charge in [-0.15, -0.1) is 0 Å². The summed E-state index contributed by atoms with van der Waals surface area (Å²) in [5.74, 6) is 0.484. The van der Waals surface area contributed by atoms with Crippen molar-refractivity contribution in [1.82, 2.24) is 4.90 Å². The molecule has 1 N–H and O–H groups in total. The van der Waals surface area contributed by atoms with Crippen molar-refractivity contribution < 1.29 is 14.3 Å². The molecule has 0 unspecified atom stereocenters. The first-order valence-corrected chi connectivity index (χ1v) is 9.23. The number of aryl methyl sites for hydroxylation is 2. The van der Waals surface area contributed by atoms with Gasteiger partial charge in [-0.1, -0.05) is 36.4 Å². The van der Waals surface area contributed by atoms with E-state index in [1.807, 2.05) is 43.3 Å². The van der Waals surface area contributed by atoms with Crippen molar-refractivity contribution in [3.05, 3.63) is 59.7 Å². The van der Waals surface area contributed by atoms with Gasteiger partial charge in [-0.05, 0) is 43.0 Å². The van der Waals surface area contributed by atoms with E-state index < -0.39 is 0 Å². The fourth-order valence-electron chi connectivity index (χ4n) is 2.91. The lowest BCUT2D eigenvalue weighted by Crippen LogP contribution is -2.33. The quantitative estimate of drug-likeness (QED) is 0.732. The van der Waals surface area contributed by atoms with Crippen LogP contribution >= 0.6 is 0 Å². The number of nitrogens with zero attached hydrogens (tertiary/aromatic N) is 1. The summed E-state index contributed by atoms with van der Waals surface area (Å²) in [7, 11) is 1.57. The van der Waals surface area contributed by atoms with Crippen molar-refractivity contribution in [1.29, 1.82) is 0 Å². The molecule has 144 valence electrons. The standard InChI is InChI=1S/C22H28N2O3/c1-17-11-12-21(27-3)20(16-17)23-22(26)13-15-24(18(2)25)14-7-10-19-8-5-4-6-9-19/h4-6,8-9,11-12,16H,7,10,13-15H2,1-3H3,(H,23,26). The minimum atomic E-state index is -0.131. The van der Waals surface area contributed by atoms with Crippen LogP contribution in [0.1, 0.15) is 30.9 Å². The molecule has 0 radical (unpaired) electrons. The molecule has 0 saturated carbocycles. The molecule has 2 rings (SSSR count). The third-order valence-electron chi connectivity index (χ3n) is 4.42. The Labute approximate surface area is 161 Å². The Balaban J connectivity index is 1.83. The van der Waals surface area contributed by atoms with E-state index in [9.17, 15) is 9.59 Å². The average molecular weight is 368 g/mol. The number of amides is 2. The summed E-state index contributed by atoms with van der Waals surface area (Å²) >= 11 is 0. The zero-order valence-corrected chi connectivity index (χ0v) is 16.3. The van der Waals surface area contributed by atoms with Crippen LogP contribution in [-0.2, 0) is 16.0 Å². The molecule has 2 aromatic rings. The summed E-state index contributed by atoms with van der Waals surface area (Å²) < 4.78 is 5.28. The predicted molar refractivity (Wildman–Crippen MR) is 108 cm³/mol. The van der Waals surface area contributed by atoms with E-state index in [1.54, 1.807) is 18.9 Å². The zero-order chi connectivity index (χ0) is 19.6. The van der Waals surface area contributed by atoms with Crippen LogP contribution in [-0.4, -0.2) is 36.9 Å². The highest BCUT2D eigenvalue weighted by atomic mass is 16.5. The van der Waals surface area contributed by atoms with Crippen molar-refractivity contribution in [2.24, 2.45) is 0 Å². The SMILES string of the molecule is COc1ccc(C)cc1NC(=O)CCN(CCCc1ccccc1)C(C)=O. The van der Waals surface area contributed by atoms with Gasteiger partial charge in [-0.25, -0.2) is 0 Å². The van der Waals surface area contributed by atoms with Gasteiger partial charge in [0.1, 0.15) is 5.75 Å². The fraction of sp³-hybridized carbons (Fsp3) is 0.364. The van der Waals surface area contributed by atoms with E-state index in [2.05, 4.69) is 17.4 Å². The fourth-order valence-corrected chi connectivity index (χ4v) is 2.91. The Morgan fingerprint density at radius 2 is 1.81 bits per heavy atom. The lowest BCUT2D eigenvalue weighted by molar-refractivity contribution is -0.129. The summed E-state index contributed by atoms with van der Waals surface area (Å²) in [5.41, 5.74) is 2.95. The number of methoxy groups -OCH3 is 1. The molecule has 0 aliphatic carbocycles. The summed E-state index contributed by atoms with van der Waals surface area (Å²) in [6.07, 6.45) is 2.04. The molecular formula is C22H28N2O3. The smallest absolute Gasteiger partial charge is 0.226 e. The molecule has 5 heteroatoms. The molecule has 5 nitrogen and oxygen atoms in total. The van der Waals surface area contributed by atoms with E-state index in [0.29, 0.717) is 24.5 Å². The van der Waals surface area contributed by atoms with E-state index >= 15 is 0 Å². The van der Waals surface area contributed by atoms with Gasteiger partial charge in [-0.2, -0.15) is 0 Å². The monoisotopic (exact) mass is 368 g/mol. The van der Waals surface area contributed by atoms with Crippen LogP contribution in [0, 0.1) is 6.92 Å². The van der Waals surface area contributed by atoms with Crippen molar-refractivity contribution in [2.45, 2.75) is 33.1 Å². The summed E-state index contributed by atoms with van der Waals surface area (Å²) in [6, 6.07) is 15.8. The molecule has 0 atom stereocenters. The number of carbonyl (C=O) groups is 2. The number of rotatable bonds is 9. The number of hydrogen-bond acceptors (Lipinski definition) is 3. The van der Waals surface area contributed by atoms with Gasteiger partial charge in [-0.3, -0.25) is 9.59 Å². The molecule has 0 aromatic heterocycles. The van der Waals surface area contributed by atoms with E-state index in [0.717, 1.165) is 18.4 Å². The Bertz CT molecular complexity index is 759. The van der Waals surface area contributed by atoms with Gasteiger partial charge in [0.15, 0.2) is 0 Å².